The first-order valence-corrected chi connectivity index (χ1v) is 4.56. The molecule has 76 valence electrons. The molecule has 0 bridgehead atoms. The van der Waals surface area contributed by atoms with Crippen LogP contribution in [0.1, 0.15) is 10.4 Å². The minimum absolute atomic E-state index is 0.0943. The quantitative estimate of drug-likeness (QED) is 0.624. The van der Waals surface area contributed by atoms with Crippen molar-refractivity contribution in [3.05, 3.63) is 28.0 Å². The van der Waals surface area contributed by atoms with Gasteiger partial charge in [-0.05, 0) is 12.1 Å². The third-order valence-corrected chi connectivity index (χ3v) is 1.88. The van der Waals surface area contributed by atoms with Gasteiger partial charge in [0.2, 0.25) is 0 Å². The van der Waals surface area contributed by atoms with Crippen molar-refractivity contribution >= 4 is 29.1 Å². The number of nitrogens with zero attached hydrogens (tertiary/aromatic N) is 2. The summed E-state index contributed by atoms with van der Waals surface area (Å²) >= 11 is 11.3. The molecule has 0 fully saturated rings. The van der Waals surface area contributed by atoms with Gasteiger partial charge in [-0.25, -0.2) is 9.99 Å². The van der Waals surface area contributed by atoms with Gasteiger partial charge >= 0.3 is 0 Å². The number of pyridine rings is 1. The summed E-state index contributed by atoms with van der Waals surface area (Å²) in [6, 6.07) is 3.04. The second-order valence-corrected chi connectivity index (χ2v) is 3.55. The lowest BCUT2D eigenvalue weighted by Gasteiger charge is -2.11. The second-order valence-electron chi connectivity index (χ2n) is 2.81. The minimum Gasteiger partial charge on any atom is -0.285 e. The number of hydrazine groups is 1. The van der Waals surface area contributed by atoms with Crippen molar-refractivity contribution in [1.82, 2.24) is 15.4 Å². The summed E-state index contributed by atoms with van der Waals surface area (Å²) in [5.74, 6) is -0.316. The van der Waals surface area contributed by atoms with Crippen LogP contribution in [0.5, 0.6) is 0 Å². The molecule has 1 N–H and O–H groups in total. The predicted molar refractivity (Wildman–Crippen MR) is 55.4 cm³/mol. The molecule has 1 aromatic rings. The van der Waals surface area contributed by atoms with Gasteiger partial charge in [-0.2, -0.15) is 0 Å². The normalized spacial score (nSPS) is 10.4. The molecule has 0 atom stereocenters. The largest absolute Gasteiger partial charge is 0.285 e. The lowest BCUT2D eigenvalue weighted by atomic mass is 10.3. The molecule has 1 rings (SSSR count). The third kappa shape index (κ3) is 2.83. The summed E-state index contributed by atoms with van der Waals surface area (Å²) < 4.78 is 0. The van der Waals surface area contributed by atoms with Crippen LogP contribution in [-0.2, 0) is 0 Å². The molecular weight excluding hydrogens is 225 g/mol. The average molecular weight is 234 g/mol. The van der Waals surface area contributed by atoms with Crippen LogP contribution in [0.25, 0.3) is 0 Å². The summed E-state index contributed by atoms with van der Waals surface area (Å²) in [6.07, 6.45) is 0. The first-order valence-electron chi connectivity index (χ1n) is 3.81. The third-order valence-electron chi connectivity index (χ3n) is 1.38. The maximum atomic E-state index is 11.5. The Morgan fingerprint density at radius 1 is 1.43 bits per heavy atom. The molecule has 0 aromatic carbocycles. The lowest BCUT2D eigenvalue weighted by Crippen LogP contribution is -2.36. The average Bonchev–Trinajstić information content (AvgIpc) is 2.01. The Hall–Kier alpha value is -0.840. The molecule has 0 spiro atoms. The fourth-order valence-electron chi connectivity index (χ4n) is 0.845. The Bertz CT molecular complexity index is 354. The van der Waals surface area contributed by atoms with E-state index in [9.17, 15) is 4.79 Å². The van der Waals surface area contributed by atoms with Crippen molar-refractivity contribution in [3.8, 4) is 0 Å². The van der Waals surface area contributed by atoms with Crippen LogP contribution in [-0.4, -0.2) is 30.0 Å². The van der Waals surface area contributed by atoms with E-state index in [1.807, 2.05) is 0 Å². The number of hydrogen-bond donors (Lipinski definition) is 1. The number of aromatic nitrogens is 1. The highest BCUT2D eigenvalue weighted by Gasteiger charge is 2.11. The molecule has 0 aliphatic rings. The van der Waals surface area contributed by atoms with Crippen molar-refractivity contribution in [2.45, 2.75) is 0 Å². The number of hydrogen-bond acceptors (Lipinski definition) is 3. The molecule has 0 saturated carbocycles. The Morgan fingerprint density at radius 2 is 2.07 bits per heavy atom. The van der Waals surface area contributed by atoms with E-state index in [0.717, 1.165) is 0 Å². The molecule has 4 nitrogen and oxygen atoms in total. The van der Waals surface area contributed by atoms with Crippen molar-refractivity contribution in [3.63, 3.8) is 0 Å². The van der Waals surface area contributed by atoms with Crippen LogP contribution in [0.15, 0.2) is 12.1 Å². The zero-order valence-corrected chi connectivity index (χ0v) is 9.23. The van der Waals surface area contributed by atoms with E-state index in [0.29, 0.717) is 5.56 Å². The first-order chi connectivity index (χ1) is 6.50. The summed E-state index contributed by atoms with van der Waals surface area (Å²) in [4.78, 5) is 15.2. The van der Waals surface area contributed by atoms with E-state index >= 15 is 0 Å². The standard InChI is InChI=1S/C8H9Cl2N3O/c1-13(2)12-8(14)5-3-4-6(9)11-7(5)10/h3-4H,1-2H3,(H,12,14). The molecule has 0 aliphatic carbocycles. The monoisotopic (exact) mass is 233 g/mol. The smallest absolute Gasteiger partial charge is 0.268 e. The lowest BCUT2D eigenvalue weighted by molar-refractivity contribution is 0.0856. The van der Waals surface area contributed by atoms with Crippen LogP contribution >= 0.6 is 23.2 Å². The van der Waals surface area contributed by atoms with Gasteiger partial charge in [-0.15, -0.1) is 0 Å². The minimum atomic E-state index is -0.316. The van der Waals surface area contributed by atoms with Gasteiger partial charge in [0.15, 0.2) is 0 Å². The number of amides is 1. The van der Waals surface area contributed by atoms with Gasteiger partial charge in [0.25, 0.3) is 5.91 Å². The molecule has 14 heavy (non-hydrogen) atoms. The highest BCUT2D eigenvalue weighted by Crippen LogP contribution is 2.16. The number of carbonyl (C=O) groups excluding carboxylic acids is 1. The van der Waals surface area contributed by atoms with E-state index in [2.05, 4.69) is 10.4 Å². The molecule has 0 saturated heterocycles. The molecule has 6 heteroatoms. The van der Waals surface area contributed by atoms with E-state index in [4.69, 9.17) is 23.2 Å². The van der Waals surface area contributed by atoms with Crippen LogP contribution in [0.2, 0.25) is 10.3 Å². The van der Waals surface area contributed by atoms with Gasteiger partial charge in [0, 0.05) is 14.1 Å². The summed E-state index contributed by atoms with van der Waals surface area (Å²) in [6.45, 7) is 0. The molecule has 1 amide bonds. The number of carbonyl (C=O) groups is 1. The first kappa shape index (κ1) is 11.2. The van der Waals surface area contributed by atoms with Crippen LogP contribution in [0.3, 0.4) is 0 Å². The Balaban J connectivity index is 2.90. The highest BCUT2D eigenvalue weighted by atomic mass is 35.5. The molecular formula is C8H9Cl2N3O. The van der Waals surface area contributed by atoms with Crippen LogP contribution in [0, 0.1) is 0 Å². The maximum absolute atomic E-state index is 11.5. The zero-order chi connectivity index (χ0) is 10.7. The number of rotatable bonds is 2. The molecule has 0 aliphatic heterocycles. The van der Waals surface area contributed by atoms with Gasteiger partial charge in [-0.3, -0.25) is 10.2 Å². The highest BCUT2D eigenvalue weighted by molar-refractivity contribution is 6.34. The van der Waals surface area contributed by atoms with E-state index in [-0.39, 0.29) is 16.2 Å². The maximum Gasteiger partial charge on any atom is 0.268 e. The molecule has 1 heterocycles. The summed E-state index contributed by atoms with van der Waals surface area (Å²) in [5, 5.41) is 1.88. The van der Waals surface area contributed by atoms with Crippen LogP contribution in [0.4, 0.5) is 0 Å². The van der Waals surface area contributed by atoms with E-state index < -0.39 is 0 Å². The van der Waals surface area contributed by atoms with Gasteiger partial charge < -0.3 is 0 Å². The van der Waals surface area contributed by atoms with Crippen molar-refractivity contribution < 1.29 is 4.79 Å². The second kappa shape index (κ2) is 4.59. The zero-order valence-electron chi connectivity index (χ0n) is 7.71. The predicted octanol–water partition coefficient (Wildman–Crippen LogP) is 1.59. The fraction of sp³-hybridized carbons (Fsp3) is 0.250. The Morgan fingerprint density at radius 3 is 2.57 bits per heavy atom. The topological polar surface area (TPSA) is 45.2 Å². The summed E-state index contributed by atoms with van der Waals surface area (Å²) in [7, 11) is 3.41. The SMILES string of the molecule is CN(C)NC(=O)c1ccc(Cl)nc1Cl. The van der Waals surface area contributed by atoms with Gasteiger partial charge in [0.1, 0.15) is 10.3 Å². The molecule has 0 radical (unpaired) electrons. The Kier molecular flexibility index (Phi) is 3.69. The van der Waals surface area contributed by atoms with Crippen molar-refractivity contribution in [2.75, 3.05) is 14.1 Å². The van der Waals surface area contributed by atoms with Crippen molar-refractivity contribution in [1.29, 1.82) is 0 Å². The number of nitrogens with one attached hydrogen (secondary N) is 1. The summed E-state index contributed by atoms with van der Waals surface area (Å²) in [5.41, 5.74) is 2.84. The van der Waals surface area contributed by atoms with E-state index in [1.165, 1.54) is 17.1 Å². The van der Waals surface area contributed by atoms with Crippen molar-refractivity contribution in [2.24, 2.45) is 0 Å². The van der Waals surface area contributed by atoms with Gasteiger partial charge in [-0.1, -0.05) is 23.2 Å². The number of halogens is 2. The van der Waals surface area contributed by atoms with Gasteiger partial charge in [0.05, 0.1) is 5.56 Å². The Labute approximate surface area is 91.8 Å². The molecule has 1 aromatic heterocycles. The van der Waals surface area contributed by atoms with E-state index in [1.54, 1.807) is 14.1 Å². The fourth-order valence-corrected chi connectivity index (χ4v) is 1.28. The van der Waals surface area contributed by atoms with Crippen LogP contribution < -0.4 is 5.43 Å². The molecule has 0 unspecified atom stereocenters.